The number of aromatic nitrogens is 1. The van der Waals surface area contributed by atoms with Crippen LogP contribution in [-0.2, 0) is 33.7 Å². The molecular weight excluding hydrogens is 492 g/mol. The number of pyridine rings is 1. The molecule has 0 unspecified atom stereocenters. The van der Waals surface area contributed by atoms with Crippen LogP contribution in [0.5, 0.6) is 0 Å². The monoisotopic (exact) mass is 536 g/mol. The number of hydrogen-bond donors (Lipinski definition) is 1. The van der Waals surface area contributed by atoms with Crippen LogP contribution in [0, 0.1) is 0 Å². The number of nitrogens with zero attached hydrogens (tertiary/aromatic N) is 3. The van der Waals surface area contributed by atoms with Crippen LogP contribution in [0.15, 0.2) is 42.5 Å². The molecule has 0 saturated carbocycles. The first-order chi connectivity index (χ1) is 18.8. The van der Waals surface area contributed by atoms with Crippen molar-refractivity contribution in [1.82, 2.24) is 15.2 Å². The maximum absolute atomic E-state index is 12.7. The van der Waals surface area contributed by atoms with Gasteiger partial charge in [-0.2, -0.15) is 0 Å². The summed E-state index contributed by atoms with van der Waals surface area (Å²) in [6.07, 6.45) is 6.87. The van der Waals surface area contributed by atoms with Gasteiger partial charge in [0.2, 0.25) is 0 Å². The van der Waals surface area contributed by atoms with E-state index >= 15 is 0 Å². The first-order valence-corrected chi connectivity index (χ1v) is 14.4. The summed E-state index contributed by atoms with van der Waals surface area (Å²) < 4.78 is 11.0. The predicted octanol–water partition coefficient (Wildman–Crippen LogP) is 4.89. The first-order valence-electron chi connectivity index (χ1n) is 14.4. The molecule has 1 aromatic carbocycles. The SMILES string of the molecule is CC(C)(C)OC(=O)N1CCCc2ccc(CCCCCN3CC[C@H](NCC(=O)OCc4ccccc4)C3)nc21. The van der Waals surface area contributed by atoms with Gasteiger partial charge in [-0.3, -0.25) is 9.69 Å². The normalized spacial score (nSPS) is 17.6. The number of anilines is 1. The molecule has 0 bridgehead atoms. The Labute approximate surface area is 233 Å². The van der Waals surface area contributed by atoms with Gasteiger partial charge in [-0.25, -0.2) is 9.78 Å². The van der Waals surface area contributed by atoms with E-state index in [9.17, 15) is 9.59 Å². The third-order valence-corrected chi connectivity index (χ3v) is 7.17. The molecule has 1 fully saturated rings. The summed E-state index contributed by atoms with van der Waals surface area (Å²) >= 11 is 0. The lowest BCUT2D eigenvalue weighted by Crippen LogP contribution is -2.40. The van der Waals surface area contributed by atoms with Crippen molar-refractivity contribution in [2.24, 2.45) is 0 Å². The lowest BCUT2D eigenvalue weighted by molar-refractivity contribution is -0.144. The van der Waals surface area contributed by atoms with Crippen molar-refractivity contribution >= 4 is 17.9 Å². The number of rotatable bonds is 11. The summed E-state index contributed by atoms with van der Waals surface area (Å²) in [5.41, 5.74) is 2.64. The summed E-state index contributed by atoms with van der Waals surface area (Å²) in [6, 6.07) is 14.3. The molecule has 2 aliphatic rings. The van der Waals surface area contributed by atoms with Gasteiger partial charge < -0.3 is 19.7 Å². The Morgan fingerprint density at radius 2 is 1.87 bits per heavy atom. The summed E-state index contributed by atoms with van der Waals surface area (Å²) in [5, 5.41) is 3.36. The van der Waals surface area contributed by atoms with Gasteiger partial charge in [0, 0.05) is 24.8 Å². The number of ether oxygens (including phenoxy) is 2. The second-order valence-corrected chi connectivity index (χ2v) is 11.6. The number of benzene rings is 1. The molecule has 39 heavy (non-hydrogen) atoms. The molecule has 0 aliphatic carbocycles. The topological polar surface area (TPSA) is 84.0 Å². The number of esters is 1. The minimum Gasteiger partial charge on any atom is -0.460 e. The average Bonchev–Trinajstić information content (AvgIpc) is 3.37. The zero-order valence-corrected chi connectivity index (χ0v) is 23.8. The molecule has 0 radical (unpaired) electrons. The number of unbranched alkanes of at least 4 members (excludes halogenated alkanes) is 2. The van der Waals surface area contributed by atoms with Crippen molar-refractivity contribution < 1.29 is 19.1 Å². The lowest BCUT2D eigenvalue weighted by Gasteiger charge is -2.31. The molecule has 0 spiro atoms. The highest BCUT2D eigenvalue weighted by Crippen LogP contribution is 2.27. The Hall–Kier alpha value is -2.97. The number of amides is 1. The Morgan fingerprint density at radius 3 is 2.67 bits per heavy atom. The lowest BCUT2D eigenvalue weighted by atomic mass is 10.0. The quantitative estimate of drug-likeness (QED) is 0.323. The van der Waals surface area contributed by atoms with Crippen LogP contribution in [-0.4, -0.2) is 66.3 Å². The average molecular weight is 537 g/mol. The van der Waals surface area contributed by atoms with E-state index in [-0.39, 0.29) is 18.6 Å². The molecule has 3 heterocycles. The Kier molecular flexibility index (Phi) is 10.3. The van der Waals surface area contributed by atoms with Crippen molar-refractivity contribution in [3.8, 4) is 0 Å². The number of nitrogens with one attached hydrogen (secondary N) is 1. The summed E-state index contributed by atoms with van der Waals surface area (Å²) in [5.74, 6) is 0.565. The number of aryl methyl sites for hydroxylation is 2. The molecule has 1 saturated heterocycles. The molecule has 1 N–H and O–H groups in total. The van der Waals surface area contributed by atoms with E-state index in [2.05, 4.69) is 22.3 Å². The molecule has 8 nitrogen and oxygen atoms in total. The van der Waals surface area contributed by atoms with Crippen molar-refractivity contribution in [3.05, 3.63) is 59.3 Å². The van der Waals surface area contributed by atoms with Gasteiger partial charge in [-0.05, 0) is 89.6 Å². The summed E-state index contributed by atoms with van der Waals surface area (Å²) in [4.78, 5) is 33.8. The van der Waals surface area contributed by atoms with E-state index in [1.54, 1.807) is 4.90 Å². The van der Waals surface area contributed by atoms with Gasteiger partial charge in [-0.15, -0.1) is 0 Å². The fraction of sp³-hybridized carbons (Fsp3) is 0.581. The summed E-state index contributed by atoms with van der Waals surface area (Å²) in [7, 11) is 0. The molecule has 1 atom stereocenters. The summed E-state index contributed by atoms with van der Waals surface area (Å²) in [6.45, 7) is 10.0. The minimum absolute atomic E-state index is 0.206. The maximum atomic E-state index is 12.7. The third-order valence-electron chi connectivity index (χ3n) is 7.17. The Balaban J connectivity index is 1.12. The van der Waals surface area contributed by atoms with Crippen molar-refractivity contribution in [2.45, 2.75) is 84.0 Å². The second kappa shape index (κ2) is 13.9. The van der Waals surface area contributed by atoms with Gasteiger partial charge in [-0.1, -0.05) is 42.8 Å². The zero-order chi connectivity index (χ0) is 27.7. The van der Waals surface area contributed by atoms with Crippen LogP contribution in [0.25, 0.3) is 0 Å². The largest absolute Gasteiger partial charge is 0.460 e. The fourth-order valence-electron chi connectivity index (χ4n) is 5.15. The number of fused-ring (bicyclic) bond motifs is 1. The van der Waals surface area contributed by atoms with E-state index in [1.807, 2.05) is 51.1 Å². The molecule has 8 heteroatoms. The Morgan fingerprint density at radius 1 is 1.05 bits per heavy atom. The second-order valence-electron chi connectivity index (χ2n) is 11.6. The molecular formula is C31H44N4O4. The van der Waals surface area contributed by atoms with Gasteiger partial charge in [0.05, 0.1) is 6.54 Å². The fourth-order valence-corrected chi connectivity index (χ4v) is 5.15. The highest BCUT2D eigenvalue weighted by Gasteiger charge is 2.28. The molecule has 2 aromatic rings. The van der Waals surface area contributed by atoms with E-state index in [0.717, 1.165) is 87.2 Å². The highest BCUT2D eigenvalue weighted by molar-refractivity contribution is 5.88. The molecule has 212 valence electrons. The van der Waals surface area contributed by atoms with E-state index in [4.69, 9.17) is 14.5 Å². The van der Waals surface area contributed by atoms with E-state index < -0.39 is 5.60 Å². The van der Waals surface area contributed by atoms with Crippen LogP contribution in [0.4, 0.5) is 10.6 Å². The number of carbonyl (C=O) groups excluding carboxylic acids is 2. The van der Waals surface area contributed by atoms with E-state index in [1.165, 1.54) is 0 Å². The van der Waals surface area contributed by atoms with Gasteiger partial charge >= 0.3 is 12.1 Å². The molecule has 1 aromatic heterocycles. The smallest absolute Gasteiger partial charge is 0.416 e. The minimum atomic E-state index is -0.522. The van der Waals surface area contributed by atoms with Crippen LogP contribution < -0.4 is 10.2 Å². The zero-order valence-electron chi connectivity index (χ0n) is 23.8. The van der Waals surface area contributed by atoms with Gasteiger partial charge in [0.25, 0.3) is 0 Å². The molecule has 4 rings (SSSR count). The van der Waals surface area contributed by atoms with Crippen molar-refractivity contribution in [3.63, 3.8) is 0 Å². The third kappa shape index (κ3) is 9.32. The van der Waals surface area contributed by atoms with Crippen LogP contribution in [0.1, 0.15) is 69.7 Å². The van der Waals surface area contributed by atoms with Crippen LogP contribution in [0.3, 0.4) is 0 Å². The predicted molar refractivity (Wildman–Crippen MR) is 153 cm³/mol. The number of hydrogen-bond acceptors (Lipinski definition) is 7. The van der Waals surface area contributed by atoms with E-state index in [0.29, 0.717) is 19.2 Å². The van der Waals surface area contributed by atoms with Crippen molar-refractivity contribution in [2.75, 3.05) is 37.6 Å². The first kappa shape index (κ1) is 29.0. The highest BCUT2D eigenvalue weighted by atomic mass is 16.6. The standard InChI is InChI=1S/C31H44N4O4/c1-31(2,3)39-30(37)35-19-10-13-25-15-16-26(33-29(25)35)14-8-5-9-18-34-20-17-27(22-34)32-21-28(36)38-23-24-11-6-4-7-12-24/h4,6-7,11-12,15-16,27,32H,5,8-10,13-14,17-23H2,1-3H3/t27-/m0/s1. The van der Waals surface area contributed by atoms with Gasteiger partial charge in [0.15, 0.2) is 0 Å². The number of likely N-dealkylation sites (tertiary alicyclic amines) is 1. The Bertz CT molecular complexity index is 1090. The maximum Gasteiger partial charge on any atom is 0.416 e. The van der Waals surface area contributed by atoms with Crippen LogP contribution >= 0.6 is 0 Å². The van der Waals surface area contributed by atoms with Crippen LogP contribution in [0.2, 0.25) is 0 Å². The number of carbonyl (C=O) groups is 2. The molecule has 2 aliphatic heterocycles. The molecule has 1 amide bonds. The van der Waals surface area contributed by atoms with Crippen molar-refractivity contribution in [1.29, 1.82) is 0 Å². The van der Waals surface area contributed by atoms with Gasteiger partial charge in [0.1, 0.15) is 18.0 Å².